The molecule has 2 aromatic heterocycles. The highest BCUT2D eigenvalue weighted by atomic mass is 16.5. The predicted molar refractivity (Wildman–Crippen MR) is 118 cm³/mol. The Morgan fingerprint density at radius 2 is 1.84 bits per heavy atom. The van der Waals surface area contributed by atoms with Crippen molar-refractivity contribution in [3.63, 3.8) is 0 Å². The van der Waals surface area contributed by atoms with E-state index in [1.54, 1.807) is 31.6 Å². The second-order valence-corrected chi connectivity index (χ2v) is 6.92. The molecule has 0 saturated carbocycles. The van der Waals surface area contributed by atoms with E-state index in [9.17, 15) is 4.79 Å². The summed E-state index contributed by atoms with van der Waals surface area (Å²) < 4.78 is 13.4. The summed E-state index contributed by atoms with van der Waals surface area (Å²) in [6.07, 6.45) is 3.81. The van der Waals surface area contributed by atoms with Gasteiger partial charge in [-0.1, -0.05) is 24.3 Å². The number of pyridine rings is 1. The number of rotatable bonds is 9. The van der Waals surface area contributed by atoms with E-state index >= 15 is 0 Å². The number of nitrogens with zero attached hydrogens (tertiary/aromatic N) is 3. The summed E-state index contributed by atoms with van der Waals surface area (Å²) in [6, 6.07) is 19.1. The average molecular weight is 416 g/mol. The van der Waals surface area contributed by atoms with Crippen LogP contribution in [0.3, 0.4) is 0 Å². The zero-order valence-electron chi connectivity index (χ0n) is 17.3. The van der Waals surface area contributed by atoms with Crippen molar-refractivity contribution in [1.82, 2.24) is 19.9 Å². The van der Waals surface area contributed by atoms with Crippen LogP contribution in [0, 0.1) is 0 Å². The SMILES string of the molecule is COc1ccccc1OCCn1c(CCNC(=O)c2cccnc2)nc2ccccc21. The van der Waals surface area contributed by atoms with Crippen LogP contribution in [0.2, 0.25) is 0 Å². The summed E-state index contributed by atoms with van der Waals surface area (Å²) in [5.41, 5.74) is 2.51. The van der Waals surface area contributed by atoms with Crippen LogP contribution in [0.25, 0.3) is 11.0 Å². The molecule has 0 saturated heterocycles. The summed E-state index contributed by atoms with van der Waals surface area (Å²) in [6.45, 7) is 1.57. The first-order valence-corrected chi connectivity index (χ1v) is 10.1. The number of carbonyl (C=O) groups is 1. The molecule has 7 nitrogen and oxygen atoms in total. The lowest BCUT2D eigenvalue weighted by Gasteiger charge is -2.13. The number of para-hydroxylation sites is 4. The fourth-order valence-electron chi connectivity index (χ4n) is 3.44. The van der Waals surface area contributed by atoms with Gasteiger partial charge in [0.15, 0.2) is 11.5 Å². The maximum atomic E-state index is 12.3. The van der Waals surface area contributed by atoms with Gasteiger partial charge in [-0.3, -0.25) is 9.78 Å². The number of imidazole rings is 1. The van der Waals surface area contributed by atoms with E-state index in [2.05, 4.69) is 14.9 Å². The van der Waals surface area contributed by atoms with Crippen molar-refractivity contribution in [3.8, 4) is 11.5 Å². The molecule has 1 N–H and O–H groups in total. The lowest BCUT2D eigenvalue weighted by molar-refractivity contribution is 0.0953. The second-order valence-electron chi connectivity index (χ2n) is 6.92. The molecule has 0 aliphatic heterocycles. The molecule has 2 heterocycles. The Hall–Kier alpha value is -3.87. The number of benzene rings is 2. The molecule has 0 aliphatic carbocycles. The van der Waals surface area contributed by atoms with Gasteiger partial charge in [0.25, 0.3) is 5.91 Å². The molecule has 0 spiro atoms. The fourth-order valence-corrected chi connectivity index (χ4v) is 3.44. The third-order valence-electron chi connectivity index (χ3n) is 4.93. The molecule has 0 radical (unpaired) electrons. The molecule has 0 aliphatic rings. The van der Waals surface area contributed by atoms with Crippen LogP contribution >= 0.6 is 0 Å². The largest absolute Gasteiger partial charge is 0.493 e. The Balaban J connectivity index is 1.43. The lowest BCUT2D eigenvalue weighted by atomic mass is 10.2. The molecule has 7 heteroatoms. The number of carbonyl (C=O) groups excluding carboxylic acids is 1. The molecular weight excluding hydrogens is 392 g/mol. The number of nitrogens with one attached hydrogen (secondary N) is 1. The monoisotopic (exact) mass is 416 g/mol. The van der Waals surface area contributed by atoms with E-state index in [1.807, 2.05) is 48.5 Å². The van der Waals surface area contributed by atoms with Crippen molar-refractivity contribution in [3.05, 3.63) is 84.4 Å². The molecule has 0 bridgehead atoms. The van der Waals surface area contributed by atoms with Crippen LogP contribution in [0.1, 0.15) is 16.2 Å². The summed E-state index contributed by atoms with van der Waals surface area (Å²) in [5.74, 6) is 2.17. The first-order chi connectivity index (χ1) is 15.3. The topological polar surface area (TPSA) is 78.3 Å². The molecule has 1 amide bonds. The van der Waals surface area contributed by atoms with Gasteiger partial charge >= 0.3 is 0 Å². The Morgan fingerprint density at radius 1 is 1.03 bits per heavy atom. The first-order valence-electron chi connectivity index (χ1n) is 10.1. The smallest absolute Gasteiger partial charge is 0.252 e. The zero-order chi connectivity index (χ0) is 21.5. The molecule has 0 atom stereocenters. The van der Waals surface area contributed by atoms with Crippen LogP contribution in [0.4, 0.5) is 0 Å². The molecule has 0 unspecified atom stereocenters. The van der Waals surface area contributed by atoms with Crippen molar-refractivity contribution in [2.24, 2.45) is 0 Å². The number of fused-ring (bicyclic) bond motifs is 1. The van der Waals surface area contributed by atoms with E-state index in [1.165, 1.54) is 0 Å². The van der Waals surface area contributed by atoms with Crippen molar-refractivity contribution in [2.45, 2.75) is 13.0 Å². The lowest BCUT2D eigenvalue weighted by Crippen LogP contribution is -2.26. The average Bonchev–Trinajstić information content (AvgIpc) is 3.17. The number of methoxy groups -OCH3 is 1. The van der Waals surface area contributed by atoms with E-state index in [0.29, 0.717) is 43.2 Å². The van der Waals surface area contributed by atoms with Crippen molar-refractivity contribution in [2.75, 3.05) is 20.3 Å². The molecular formula is C24H24N4O3. The number of aromatic nitrogens is 3. The van der Waals surface area contributed by atoms with Gasteiger partial charge in [0, 0.05) is 25.4 Å². The summed E-state index contributed by atoms with van der Waals surface area (Å²) in [4.78, 5) is 21.0. The van der Waals surface area contributed by atoms with E-state index < -0.39 is 0 Å². The summed E-state index contributed by atoms with van der Waals surface area (Å²) in [5, 5.41) is 2.94. The predicted octanol–water partition coefficient (Wildman–Crippen LogP) is 3.49. The van der Waals surface area contributed by atoms with Crippen molar-refractivity contribution < 1.29 is 14.3 Å². The quantitative estimate of drug-likeness (QED) is 0.452. The van der Waals surface area contributed by atoms with Gasteiger partial charge in [0.1, 0.15) is 12.4 Å². The highest BCUT2D eigenvalue weighted by Crippen LogP contribution is 2.26. The van der Waals surface area contributed by atoms with Gasteiger partial charge in [-0.25, -0.2) is 4.98 Å². The van der Waals surface area contributed by atoms with Crippen LogP contribution in [0.5, 0.6) is 11.5 Å². The highest BCUT2D eigenvalue weighted by Gasteiger charge is 2.12. The minimum absolute atomic E-state index is 0.143. The van der Waals surface area contributed by atoms with Gasteiger partial charge in [-0.15, -0.1) is 0 Å². The molecule has 4 aromatic rings. The van der Waals surface area contributed by atoms with Gasteiger partial charge in [-0.2, -0.15) is 0 Å². The van der Waals surface area contributed by atoms with Gasteiger partial charge < -0.3 is 19.4 Å². The number of hydrogen-bond acceptors (Lipinski definition) is 5. The minimum atomic E-state index is -0.143. The van der Waals surface area contributed by atoms with Crippen molar-refractivity contribution >= 4 is 16.9 Å². The van der Waals surface area contributed by atoms with Gasteiger partial charge in [0.05, 0.1) is 30.3 Å². The molecule has 31 heavy (non-hydrogen) atoms. The molecule has 0 fully saturated rings. The van der Waals surface area contributed by atoms with Crippen LogP contribution in [-0.2, 0) is 13.0 Å². The summed E-state index contributed by atoms with van der Waals surface area (Å²) in [7, 11) is 1.63. The van der Waals surface area contributed by atoms with Gasteiger partial charge in [0.2, 0.25) is 0 Å². The highest BCUT2D eigenvalue weighted by molar-refractivity contribution is 5.93. The Labute approximate surface area is 180 Å². The molecule has 158 valence electrons. The first kappa shape index (κ1) is 20.4. The van der Waals surface area contributed by atoms with Crippen LogP contribution < -0.4 is 14.8 Å². The second kappa shape index (κ2) is 9.75. The summed E-state index contributed by atoms with van der Waals surface area (Å²) >= 11 is 0. The third-order valence-corrected chi connectivity index (χ3v) is 4.93. The molecule has 4 rings (SSSR count). The molecule has 2 aromatic carbocycles. The van der Waals surface area contributed by atoms with E-state index in [-0.39, 0.29) is 5.91 Å². The number of ether oxygens (including phenoxy) is 2. The maximum Gasteiger partial charge on any atom is 0.252 e. The van der Waals surface area contributed by atoms with Crippen LogP contribution in [-0.4, -0.2) is 40.7 Å². The Morgan fingerprint density at radius 3 is 2.65 bits per heavy atom. The minimum Gasteiger partial charge on any atom is -0.493 e. The standard InChI is InChI=1S/C24H24N4O3/c1-30-21-10-4-5-11-22(21)31-16-15-28-20-9-3-2-8-19(20)27-23(28)12-14-26-24(29)18-7-6-13-25-17-18/h2-11,13,17H,12,14-16H2,1H3,(H,26,29). The number of amides is 1. The maximum absolute atomic E-state index is 12.3. The normalized spacial score (nSPS) is 10.7. The Bertz CT molecular complexity index is 1160. The van der Waals surface area contributed by atoms with E-state index in [4.69, 9.17) is 14.5 Å². The number of hydrogen-bond donors (Lipinski definition) is 1. The third kappa shape index (κ3) is 4.83. The zero-order valence-corrected chi connectivity index (χ0v) is 17.3. The van der Waals surface area contributed by atoms with Crippen molar-refractivity contribution in [1.29, 1.82) is 0 Å². The van der Waals surface area contributed by atoms with Gasteiger partial charge in [-0.05, 0) is 36.4 Å². The Kier molecular flexibility index (Phi) is 6.42. The fraction of sp³-hybridized carbons (Fsp3) is 0.208. The van der Waals surface area contributed by atoms with Crippen LogP contribution in [0.15, 0.2) is 73.1 Å². The van der Waals surface area contributed by atoms with E-state index in [0.717, 1.165) is 16.9 Å².